The quantitative estimate of drug-likeness (QED) is 0.0209. The largest absolute Gasteiger partial charge is 0.462 e. The Morgan fingerprint density at radius 2 is 0.909 bits per heavy atom. The van der Waals surface area contributed by atoms with Crippen LogP contribution in [0.15, 0.2) is 72.9 Å². The molecule has 0 aromatic heterocycles. The number of ether oxygens (including phenoxy) is 6. The van der Waals surface area contributed by atoms with Crippen LogP contribution in [-0.2, 0) is 38.0 Å². The number of rotatable bonds is 36. The highest BCUT2D eigenvalue weighted by Gasteiger charge is 2.47. The van der Waals surface area contributed by atoms with Gasteiger partial charge in [0.05, 0.1) is 19.8 Å². The third kappa shape index (κ3) is 25.9. The number of hydrogen-bond donors (Lipinski definition) is 7. The molecule has 0 aromatic carbocycles. The molecule has 0 amide bonds. The number of unbranched alkanes of at least 4 members (excludes halogenated alkanes) is 10. The molecule has 15 heteroatoms. The van der Waals surface area contributed by atoms with Crippen LogP contribution in [0.1, 0.15) is 142 Å². The van der Waals surface area contributed by atoms with Crippen molar-refractivity contribution in [2.24, 2.45) is 0 Å². The van der Waals surface area contributed by atoms with Gasteiger partial charge in [-0.1, -0.05) is 125 Å². The normalized spacial score (nSPS) is 26.8. The lowest BCUT2D eigenvalue weighted by Gasteiger charge is -2.42. The zero-order valence-corrected chi connectivity index (χ0v) is 39.6. The molecule has 0 radical (unpaired) electrons. The predicted molar refractivity (Wildman–Crippen MR) is 252 cm³/mol. The van der Waals surface area contributed by atoms with E-state index < -0.39 is 99.3 Å². The van der Waals surface area contributed by atoms with Crippen LogP contribution in [-0.4, -0.2) is 142 Å². The van der Waals surface area contributed by atoms with Crippen molar-refractivity contribution in [3.63, 3.8) is 0 Å². The van der Waals surface area contributed by atoms with Gasteiger partial charge in [-0.25, -0.2) is 0 Å². The molecule has 0 aromatic rings. The second-order valence-corrected chi connectivity index (χ2v) is 16.9. The molecule has 2 saturated heterocycles. The number of esters is 2. The van der Waals surface area contributed by atoms with Crippen LogP contribution >= 0.6 is 0 Å². The lowest BCUT2D eigenvalue weighted by atomic mass is 9.98. The molecule has 0 bridgehead atoms. The first kappa shape index (κ1) is 59.1. The Balaban J connectivity index is 1.84. The van der Waals surface area contributed by atoms with E-state index in [4.69, 9.17) is 28.4 Å². The molecule has 11 atom stereocenters. The number of aliphatic hydroxyl groups excluding tert-OH is 7. The second-order valence-electron chi connectivity index (χ2n) is 16.9. The molecule has 66 heavy (non-hydrogen) atoms. The molecule has 2 fully saturated rings. The monoisotopic (exact) mass is 937 g/mol. The second kappa shape index (κ2) is 37.9. The highest BCUT2D eigenvalue weighted by atomic mass is 16.7. The minimum atomic E-state index is -1.77. The van der Waals surface area contributed by atoms with Crippen LogP contribution in [0.2, 0.25) is 0 Å². The summed E-state index contributed by atoms with van der Waals surface area (Å²) < 4.78 is 33.5. The van der Waals surface area contributed by atoms with Gasteiger partial charge < -0.3 is 64.2 Å². The summed E-state index contributed by atoms with van der Waals surface area (Å²) in [6.07, 6.45) is 26.5. The fourth-order valence-corrected chi connectivity index (χ4v) is 7.18. The highest BCUT2D eigenvalue weighted by Crippen LogP contribution is 2.26. The molecule has 0 aliphatic carbocycles. The van der Waals surface area contributed by atoms with E-state index in [1.165, 1.54) is 0 Å². The van der Waals surface area contributed by atoms with Crippen LogP contribution in [0.25, 0.3) is 0 Å². The molecule has 378 valence electrons. The zero-order chi connectivity index (χ0) is 48.2. The van der Waals surface area contributed by atoms with Gasteiger partial charge in [0.25, 0.3) is 0 Å². The number of aliphatic hydroxyl groups is 7. The summed E-state index contributed by atoms with van der Waals surface area (Å²) in [6.45, 7) is 2.30. The molecule has 7 N–H and O–H groups in total. The van der Waals surface area contributed by atoms with Crippen LogP contribution in [0.4, 0.5) is 0 Å². The van der Waals surface area contributed by atoms with Gasteiger partial charge in [-0.15, -0.1) is 0 Å². The highest BCUT2D eigenvalue weighted by molar-refractivity contribution is 5.70. The Hall–Kier alpha value is -3.06. The number of carbonyl (C=O) groups excluding carboxylic acids is 2. The first-order chi connectivity index (χ1) is 32.0. The number of hydrogen-bond acceptors (Lipinski definition) is 15. The SMILES string of the molecule is CC/C=C\C/C=C\C/C=C\CCCCCCCC(=O)OC[C@@H](CO[C@H]1O[C@@H](CO[C@@H]2O[C@H](CO)[C@H](O)[C@@H](O)[C@@H]2O)[C@H](O)[C@@H](O)[C@@H]1O)OC(=O)CCCCCCC/C=C\C/C=C\C/C=C\CC. The van der Waals surface area contributed by atoms with E-state index in [1.54, 1.807) is 0 Å². The fraction of sp³-hybridized carbons (Fsp3) is 0.725. The summed E-state index contributed by atoms with van der Waals surface area (Å²) >= 11 is 0. The standard InChI is InChI=1S/C51H84O15/c1-3-5-7-9-11-13-15-17-19-21-23-25-27-29-31-33-42(53)61-36-39(64-43(54)34-32-30-28-26-24-22-20-18-16-14-12-10-8-6-4-2)37-62-50-49(60)47(58)45(56)41(66-50)38-63-51-48(59)46(57)44(55)40(35-52)65-51/h5-8,11-14,17-20,39-41,44-52,55-60H,3-4,9-10,15-16,21-38H2,1-2H3/b7-5-,8-6-,13-11-,14-12-,19-17-,20-18-/t39-,40+,41-,44-,45-,46+,47+,48-,49-,50-,51+/m0/s1. The van der Waals surface area contributed by atoms with Crippen molar-refractivity contribution in [3.8, 4) is 0 Å². The summed E-state index contributed by atoms with van der Waals surface area (Å²) in [5, 5.41) is 72.0. The van der Waals surface area contributed by atoms with E-state index >= 15 is 0 Å². The van der Waals surface area contributed by atoms with E-state index in [0.29, 0.717) is 12.8 Å². The number of carbonyl (C=O) groups is 2. The Kier molecular flexibility index (Phi) is 33.9. The Morgan fingerprint density at radius 3 is 1.42 bits per heavy atom. The first-order valence-electron chi connectivity index (χ1n) is 24.5. The number of allylic oxidation sites excluding steroid dienone is 12. The maximum Gasteiger partial charge on any atom is 0.306 e. The van der Waals surface area contributed by atoms with E-state index in [1.807, 2.05) is 0 Å². The van der Waals surface area contributed by atoms with Gasteiger partial charge in [-0.3, -0.25) is 9.59 Å². The molecule has 15 nitrogen and oxygen atoms in total. The summed E-state index contributed by atoms with van der Waals surface area (Å²) in [7, 11) is 0. The Bertz CT molecular complexity index is 1430. The molecule has 0 spiro atoms. The Morgan fingerprint density at radius 1 is 0.485 bits per heavy atom. The van der Waals surface area contributed by atoms with Gasteiger partial charge >= 0.3 is 11.9 Å². The lowest BCUT2D eigenvalue weighted by Crippen LogP contribution is -2.61. The third-order valence-corrected chi connectivity index (χ3v) is 11.2. The van der Waals surface area contributed by atoms with Gasteiger partial charge in [-0.05, 0) is 77.0 Å². The van der Waals surface area contributed by atoms with Crippen molar-refractivity contribution >= 4 is 11.9 Å². The summed E-state index contributed by atoms with van der Waals surface area (Å²) in [4.78, 5) is 25.7. The van der Waals surface area contributed by atoms with E-state index in [0.717, 1.165) is 103 Å². The van der Waals surface area contributed by atoms with Crippen LogP contribution < -0.4 is 0 Å². The van der Waals surface area contributed by atoms with E-state index in [2.05, 4.69) is 86.8 Å². The maximum absolute atomic E-state index is 13.0. The summed E-state index contributed by atoms with van der Waals surface area (Å²) in [5.41, 5.74) is 0. The fourth-order valence-electron chi connectivity index (χ4n) is 7.18. The maximum atomic E-state index is 13.0. The molecule has 2 aliphatic heterocycles. The first-order valence-corrected chi connectivity index (χ1v) is 24.5. The van der Waals surface area contributed by atoms with Crippen LogP contribution in [0.5, 0.6) is 0 Å². The van der Waals surface area contributed by atoms with Gasteiger partial charge in [0.1, 0.15) is 55.4 Å². The van der Waals surface area contributed by atoms with Crippen molar-refractivity contribution in [3.05, 3.63) is 72.9 Å². The molecule has 2 heterocycles. The van der Waals surface area contributed by atoms with Crippen molar-refractivity contribution in [1.29, 1.82) is 0 Å². The van der Waals surface area contributed by atoms with Crippen molar-refractivity contribution in [1.82, 2.24) is 0 Å². The molecule has 2 aliphatic rings. The minimum Gasteiger partial charge on any atom is -0.462 e. The topological polar surface area (TPSA) is 231 Å². The van der Waals surface area contributed by atoms with Crippen molar-refractivity contribution in [2.45, 2.75) is 210 Å². The summed E-state index contributed by atoms with van der Waals surface area (Å²) in [6, 6.07) is 0. The van der Waals surface area contributed by atoms with Gasteiger partial charge in [0.15, 0.2) is 18.7 Å². The molecule has 0 saturated carbocycles. The summed E-state index contributed by atoms with van der Waals surface area (Å²) in [5.74, 6) is -0.973. The third-order valence-electron chi connectivity index (χ3n) is 11.2. The van der Waals surface area contributed by atoms with Crippen LogP contribution in [0, 0.1) is 0 Å². The van der Waals surface area contributed by atoms with E-state index in [-0.39, 0.29) is 19.4 Å². The molecule has 0 unspecified atom stereocenters. The molecular weight excluding hydrogens is 853 g/mol. The molecular formula is C51H84O15. The Labute approximate surface area is 393 Å². The lowest BCUT2D eigenvalue weighted by molar-refractivity contribution is -0.332. The average molecular weight is 937 g/mol. The molecule has 2 rings (SSSR count). The van der Waals surface area contributed by atoms with Gasteiger partial charge in [0.2, 0.25) is 0 Å². The minimum absolute atomic E-state index is 0.138. The zero-order valence-electron chi connectivity index (χ0n) is 39.6. The van der Waals surface area contributed by atoms with Crippen molar-refractivity contribution in [2.75, 3.05) is 26.4 Å². The van der Waals surface area contributed by atoms with Crippen molar-refractivity contribution < 1.29 is 73.8 Å². The van der Waals surface area contributed by atoms with Gasteiger partial charge in [0, 0.05) is 12.8 Å². The van der Waals surface area contributed by atoms with Crippen LogP contribution in [0.3, 0.4) is 0 Å². The smallest absolute Gasteiger partial charge is 0.306 e. The van der Waals surface area contributed by atoms with Gasteiger partial charge in [-0.2, -0.15) is 0 Å². The average Bonchev–Trinajstić information content (AvgIpc) is 3.31. The predicted octanol–water partition coefficient (Wildman–Crippen LogP) is 6.26. The van der Waals surface area contributed by atoms with E-state index in [9.17, 15) is 45.3 Å².